The Morgan fingerprint density at radius 2 is 1.79 bits per heavy atom. The summed E-state index contributed by atoms with van der Waals surface area (Å²) in [6, 6.07) is 6.68. The lowest BCUT2D eigenvalue weighted by atomic mass is 9.88. The Balaban J connectivity index is 2.14. The van der Waals surface area contributed by atoms with Crippen LogP contribution >= 0.6 is 0 Å². The first-order valence-corrected chi connectivity index (χ1v) is 8.09. The third kappa shape index (κ3) is 3.46. The molecule has 0 spiro atoms. The highest BCUT2D eigenvalue weighted by Crippen LogP contribution is 2.26. The molecule has 2 rings (SSSR count). The van der Waals surface area contributed by atoms with Gasteiger partial charge in [0.1, 0.15) is 4.90 Å². The summed E-state index contributed by atoms with van der Waals surface area (Å²) in [7, 11) is -3.51. The van der Waals surface area contributed by atoms with Crippen LogP contribution in [0.1, 0.15) is 32.6 Å². The molecule has 1 aliphatic carbocycles. The number of rotatable bonds is 4. The molecular weight excluding hydrogens is 262 g/mol. The van der Waals surface area contributed by atoms with Gasteiger partial charge in [0, 0.05) is 6.04 Å². The first-order valence-electron chi connectivity index (χ1n) is 6.61. The summed E-state index contributed by atoms with van der Waals surface area (Å²) >= 11 is 0. The second kappa shape index (κ2) is 5.90. The van der Waals surface area contributed by atoms with Gasteiger partial charge in [-0.2, -0.15) is 0 Å². The lowest BCUT2D eigenvalue weighted by Crippen LogP contribution is -2.37. The molecule has 1 aliphatic rings. The van der Waals surface area contributed by atoms with Gasteiger partial charge in [0.25, 0.3) is 0 Å². The summed E-state index contributed by atoms with van der Waals surface area (Å²) in [5.41, 5.74) is 2.84. The fourth-order valence-electron chi connectivity index (χ4n) is 2.48. The Bertz CT molecular complexity index is 522. The maximum Gasteiger partial charge on any atom is 0.242 e. The summed E-state index contributed by atoms with van der Waals surface area (Å²) in [5, 5.41) is 0. The third-order valence-corrected chi connectivity index (χ3v) is 5.25. The van der Waals surface area contributed by atoms with Crippen LogP contribution in [0.3, 0.4) is 0 Å². The van der Waals surface area contributed by atoms with Crippen molar-refractivity contribution in [1.82, 2.24) is 4.72 Å². The molecule has 1 saturated carbocycles. The van der Waals surface area contributed by atoms with Gasteiger partial charge in [0.2, 0.25) is 10.0 Å². The molecule has 4 N–H and O–H groups in total. The van der Waals surface area contributed by atoms with Crippen molar-refractivity contribution < 1.29 is 8.42 Å². The van der Waals surface area contributed by atoms with Crippen molar-refractivity contribution in [3.63, 3.8) is 0 Å². The maximum absolute atomic E-state index is 12.4. The SMILES string of the molecule is CC1CCC(NS(=O)(=O)c2ccccc2NN)CC1. The van der Waals surface area contributed by atoms with Gasteiger partial charge in [-0.25, -0.2) is 13.1 Å². The van der Waals surface area contributed by atoms with Crippen molar-refractivity contribution >= 4 is 15.7 Å². The molecule has 0 heterocycles. The van der Waals surface area contributed by atoms with E-state index in [4.69, 9.17) is 5.84 Å². The van der Waals surface area contributed by atoms with Crippen LogP contribution in [0.25, 0.3) is 0 Å². The zero-order valence-corrected chi connectivity index (χ0v) is 11.9. The Kier molecular flexibility index (Phi) is 4.44. The monoisotopic (exact) mass is 283 g/mol. The Hall–Kier alpha value is -1.11. The molecular formula is C13H21N3O2S. The highest BCUT2D eigenvalue weighted by molar-refractivity contribution is 7.89. The highest BCUT2D eigenvalue weighted by Gasteiger charge is 2.25. The van der Waals surface area contributed by atoms with Crippen LogP contribution in [0.5, 0.6) is 0 Å². The third-order valence-electron chi connectivity index (χ3n) is 3.67. The summed E-state index contributed by atoms with van der Waals surface area (Å²) in [5.74, 6) is 6.05. The molecule has 6 heteroatoms. The molecule has 0 bridgehead atoms. The van der Waals surface area contributed by atoms with E-state index in [1.807, 2.05) is 0 Å². The molecule has 5 nitrogen and oxygen atoms in total. The average molecular weight is 283 g/mol. The normalized spacial score (nSPS) is 24.1. The topological polar surface area (TPSA) is 84.2 Å². The number of nitrogen functional groups attached to an aromatic ring is 1. The van der Waals surface area contributed by atoms with E-state index in [-0.39, 0.29) is 10.9 Å². The summed E-state index contributed by atoms with van der Waals surface area (Å²) in [4.78, 5) is 0.205. The molecule has 0 amide bonds. The molecule has 0 aliphatic heterocycles. The fraction of sp³-hybridized carbons (Fsp3) is 0.538. The molecule has 0 aromatic heterocycles. The molecule has 1 aromatic rings. The lowest BCUT2D eigenvalue weighted by Gasteiger charge is -2.27. The zero-order chi connectivity index (χ0) is 13.9. The average Bonchev–Trinajstić information content (AvgIpc) is 2.41. The molecule has 1 aromatic carbocycles. The van der Waals surface area contributed by atoms with E-state index in [1.165, 1.54) is 0 Å². The van der Waals surface area contributed by atoms with Crippen LogP contribution in [0.15, 0.2) is 29.2 Å². The number of benzene rings is 1. The molecule has 1 fully saturated rings. The second-order valence-electron chi connectivity index (χ2n) is 5.22. The molecule has 0 atom stereocenters. The predicted octanol–water partition coefficient (Wildman–Crippen LogP) is 1.83. The number of hydrogen-bond acceptors (Lipinski definition) is 4. The van der Waals surface area contributed by atoms with Crippen molar-refractivity contribution in [2.24, 2.45) is 11.8 Å². The van der Waals surface area contributed by atoms with Gasteiger partial charge in [-0.05, 0) is 43.7 Å². The molecule has 19 heavy (non-hydrogen) atoms. The number of para-hydroxylation sites is 1. The first-order chi connectivity index (χ1) is 9.03. The Morgan fingerprint density at radius 3 is 2.42 bits per heavy atom. The molecule has 0 saturated heterocycles. The van der Waals surface area contributed by atoms with Gasteiger partial charge >= 0.3 is 0 Å². The minimum Gasteiger partial charge on any atom is -0.323 e. The minimum atomic E-state index is -3.51. The van der Waals surface area contributed by atoms with E-state index in [0.29, 0.717) is 11.6 Å². The van der Waals surface area contributed by atoms with Crippen molar-refractivity contribution in [1.29, 1.82) is 0 Å². The number of sulfonamides is 1. The van der Waals surface area contributed by atoms with Crippen molar-refractivity contribution in [3.05, 3.63) is 24.3 Å². The van der Waals surface area contributed by atoms with Crippen LogP contribution < -0.4 is 16.0 Å². The number of nitrogens with two attached hydrogens (primary N) is 1. The zero-order valence-electron chi connectivity index (χ0n) is 11.1. The number of hydrogen-bond donors (Lipinski definition) is 3. The minimum absolute atomic E-state index is 0.0343. The smallest absolute Gasteiger partial charge is 0.242 e. The number of hydrazine groups is 1. The largest absolute Gasteiger partial charge is 0.323 e. The highest BCUT2D eigenvalue weighted by atomic mass is 32.2. The fourth-order valence-corrected chi connectivity index (χ4v) is 3.96. The summed E-state index contributed by atoms with van der Waals surface area (Å²) < 4.78 is 27.5. The van der Waals surface area contributed by atoms with Gasteiger partial charge in [-0.1, -0.05) is 19.1 Å². The van der Waals surface area contributed by atoms with Crippen molar-refractivity contribution in [3.8, 4) is 0 Å². The summed E-state index contributed by atoms with van der Waals surface area (Å²) in [6.07, 6.45) is 3.95. The maximum atomic E-state index is 12.4. The Labute approximate surface area is 114 Å². The number of nitrogens with one attached hydrogen (secondary N) is 2. The molecule has 0 radical (unpaired) electrons. The van der Waals surface area contributed by atoms with Crippen LogP contribution in [0.4, 0.5) is 5.69 Å². The number of anilines is 1. The van der Waals surface area contributed by atoms with Crippen LogP contribution in [0, 0.1) is 5.92 Å². The lowest BCUT2D eigenvalue weighted by molar-refractivity contribution is 0.332. The standard InChI is InChI=1S/C13H21N3O2S/c1-10-6-8-11(9-7-10)16-19(17,18)13-5-3-2-4-12(13)15-14/h2-5,10-11,15-16H,6-9,14H2,1H3. The van der Waals surface area contributed by atoms with Crippen LogP contribution in [-0.4, -0.2) is 14.5 Å². The van der Waals surface area contributed by atoms with Gasteiger partial charge in [0.15, 0.2) is 0 Å². The molecule has 0 unspecified atom stereocenters. The second-order valence-corrected chi connectivity index (χ2v) is 6.90. The van der Waals surface area contributed by atoms with E-state index in [2.05, 4.69) is 17.1 Å². The Morgan fingerprint density at radius 1 is 1.16 bits per heavy atom. The summed E-state index contributed by atoms with van der Waals surface area (Å²) in [6.45, 7) is 2.21. The van der Waals surface area contributed by atoms with E-state index in [1.54, 1.807) is 24.3 Å². The van der Waals surface area contributed by atoms with Gasteiger partial charge in [0.05, 0.1) is 5.69 Å². The quantitative estimate of drug-likeness (QED) is 0.581. The van der Waals surface area contributed by atoms with Gasteiger partial charge in [-0.3, -0.25) is 5.84 Å². The van der Waals surface area contributed by atoms with Crippen molar-refractivity contribution in [2.75, 3.05) is 5.43 Å². The molecule has 106 valence electrons. The van der Waals surface area contributed by atoms with Gasteiger partial charge in [-0.15, -0.1) is 0 Å². The van der Waals surface area contributed by atoms with E-state index in [0.717, 1.165) is 25.7 Å². The predicted molar refractivity (Wildman–Crippen MR) is 76.0 cm³/mol. The van der Waals surface area contributed by atoms with Crippen LogP contribution in [0.2, 0.25) is 0 Å². The van der Waals surface area contributed by atoms with Gasteiger partial charge < -0.3 is 5.43 Å². The van der Waals surface area contributed by atoms with Crippen LogP contribution in [-0.2, 0) is 10.0 Å². The van der Waals surface area contributed by atoms with E-state index < -0.39 is 10.0 Å². The van der Waals surface area contributed by atoms with E-state index in [9.17, 15) is 8.42 Å². The first kappa shape index (κ1) is 14.3. The van der Waals surface area contributed by atoms with E-state index >= 15 is 0 Å². The van der Waals surface area contributed by atoms with Crippen molar-refractivity contribution in [2.45, 2.75) is 43.5 Å².